The summed E-state index contributed by atoms with van der Waals surface area (Å²) < 4.78 is 38.1. The van der Waals surface area contributed by atoms with Gasteiger partial charge in [0, 0.05) is 12.3 Å². The van der Waals surface area contributed by atoms with Crippen LogP contribution in [0, 0.1) is 6.92 Å². The molecule has 0 N–H and O–H groups in total. The maximum Gasteiger partial charge on any atom is 0.433 e. The van der Waals surface area contributed by atoms with Gasteiger partial charge in [0.2, 0.25) is 0 Å². The molecule has 6 heteroatoms. The standard InChI is InChI=1S/C8H6F3N3.C2H6/c1-5-3-14-4-12-6(8(9,10)11)2-7(14)13-5;1-2/h2-4H,1H3;1-2H3. The highest BCUT2D eigenvalue weighted by Crippen LogP contribution is 2.27. The largest absolute Gasteiger partial charge is 0.433 e. The average Bonchev–Trinajstić information content (AvgIpc) is 2.58. The molecule has 0 unspecified atom stereocenters. The Morgan fingerprint density at radius 1 is 1.25 bits per heavy atom. The summed E-state index contributed by atoms with van der Waals surface area (Å²) in [7, 11) is 0. The van der Waals surface area contributed by atoms with E-state index in [0.717, 1.165) is 12.4 Å². The second-order valence-electron chi connectivity index (χ2n) is 2.92. The van der Waals surface area contributed by atoms with E-state index >= 15 is 0 Å². The van der Waals surface area contributed by atoms with E-state index in [2.05, 4.69) is 9.97 Å². The summed E-state index contributed by atoms with van der Waals surface area (Å²) in [6.45, 7) is 5.71. The Bertz CT molecular complexity index is 474. The minimum Gasteiger partial charge on any atom is -0.290 e. The van der Waals surface area contributed by atoms with Crippen LogP contribution in [0.3, 0.4) is 0 Å². The lowest BCUT2D eigenvalue weighted by Crippen LogP contribution is -2.08. The highest BCUT2D eigenvalue weighted by Gasteiger charge is 2.32. The van der Waals surface area contributed by atoms with E-state index in [4.69, 9.17) is 0 Å². The molecule has 3 nitrogen and oxygen atoms in total. The predicted octanol–water partition coefficient (Wildman–Crippen LogP) is 3.08. The molecule has 2 rings (SSSR count). The van der Waals surface area contributed by atoms with Gasteiger partial charge in [0.25, 0.3) is 0 Å². The summed E-state index contributed by atoms with van der Waals surface area (Å²) in [6, 6.07) is 0.924. The van der Waals surface area contributed by atoms with Crippen LogP contribution in [-0.2, 0) is 6.18 Å². The number of nitrogens with zero attached hydrogens (tertiary/aromatic N) is 3. The third-order valence-electron chi connectivity index (χ3n) is 1.76. The van der Waals surface area contributed by atoms with Crippen molar-refractivity contribution in [1.82, 2.24) is 14.4 Å². The van der Waals surface area contributed by atoms with Crippen LogP contribution in [-0.4, -0.2) is 14.4 Å². The molecule has 2 aromatic rings. The first-order valence-electron chi connectivity index (χ1n) is 4.85. The van der Waals surface area contributed by atoms with Gasteiger partial charge in [-0.1, -0.05) is 13.8 Å². The van der Waals surface area contributed by atoms with Crippen LogP contribution in [0.5, 0.6) is 0 Å². The van der Waals surface area contributed by atoms with Crippen molar-refractivity contribution in [3.63, 3.8) is 0 Å². The van der Waals surface area contributed by atoms with Gasteiger partial charge in [-0.15, -0.1) is 0 Å². The predicted molar refractivity (Wildman–Crippen MR) is 54.1 cm³/mol. The molecule has 0 radical (unpaired) electrons. The summed E-state index contributed by atoms with van der Waals surface area (Å²) in [6.07, 6.45) is -1.69. The van der Waals surface area contributed by atoms with E-state index < -0.39 is 11.9 Å². The Balaban J connectivity index is 0.000000606. The molecule has 0 bridgehead atoms. The fraction of sp³-hybridized carbons (Fsp3) is 0.400. The fourth-order valence-electron chi connectivity index (χ4n) is 1.17. The van der Waals surface area contributed by atoms with Crippen LogP contribution in [0.4, 0.5) is 13.2 Å². The third kappa shape index (κ3) is 2.50. The highest BCUT2D eigenvalue weighted by molar-refractivity contribution is 5.40. The van der Waals surface area contributed by atoms with Crippen LogP contribution in [0.15, 0.2) is 18.6 Å². The Labute approximate surface area is 91.0 Å². The lowest BCUT2D eigenvalue weighted by atomic mass is 10.4. The van der Waals surface area contributed by atoms with Gasteiger partial charge in [-0.3, -0.25) is 4.40 Å². The maximum atomic E-state index is 12.2. The van der Waals surface area contributed by atoms with Crippen LogP contribution in [0.2, 0.25) is 0 Å². The number of hydrogen-bond donors (Lipinski definition) is 0. The van der Waals surface area contributed by atoms with Crippen molar-refractivity contribution < 1.29 is 13.2 Å². The van der Waals surface area contributed by atoms with Crippen LogP contribution < -0.4 is 0 Å². The third-order valence-corrected chi connectivity index (χ3v) is 1.76. The molecular formula is C10H12F3N3. The molecule has 0 amide bonds. The zero-order valence-electron chi connectivity index (χ0n) is 9.21. The summed E-state index contributed by atoms with van der Waals surface area (Å²) in [5.41, 5.74) is -0.00782. The Kier molecular flexibility index (Phi) is 3.51. The van der Waals surface area contributed by atoms with Gasteiger partial charge >= 0.3 is 6.18 Å². The smallest absolute Gasteiger partial charge is 0.290 e. The second-order valence-corrected chi connectivity index (χ2v) is 2.92. The van der Waals surface area contributed by atoms with E-state index in [0.29, 0.717) is 5.69 Å². The lowest BCUT2D eigenvalue weighted by Gasteiger charge is -2.04. The molecular weight excluding hydrogens is 219 g/mol. The summed E-state index contributed by atoms with van der Waals surface area (Å²) in [4.78, 5) is 7.20. The van der Waals surface area contributed by atoms with Crippen LogP contribution in [0.1, 0.15) is 25.2 Å². The molecule has 0 fully saturated rings. The van der Waals surface area contributed by atoms with Crippen molar-refractivity contribution in [2.24, 2.45) is 0 Å². The van der Waals surface area contributed by atoms with E-state index in [1.807, 2.05) is 13.8 Å². The molecule has 88 valence electrons. The summed E-state index contributed by atoms with van der Waals surface area (Å²) in [5.74, 6) is 0. The van der Waals surface area contributed by atoms with Gasteiger partial charge < -0.3 is 0 Å². The van der Waals surface area contributed by atoms with Crippen molar-refractivity contribution in [2.75, 3.05) is 0 Å². The molecule has 2 aromatic heterocycles. The van der Waals surface area contributed by atoms with Crippen molar-refractivity contribution in [3.05, 3.63) is 30.0 Å². The number of aromatic nitrogens is 3. The van der Waals surface area contributed by atoms with E-state index in [1.165, 1.54) is 4.40 Å². The maximum absolute atomic E-state index is 12.2. The highest BCUT2D eigenvalue weighted by atomic mass is 19.4. The van der Waals surface area contributed by atoms with Gasteiger partial charge in [-0.05, 0) is 6.92 Å². The lowest BCUT2D eigenvalue weighted by molar-refractivity contribution is -0.141. The van der Waals surface area contributed by atoms with Crippen molar-refractivity contribution in [1.29, 1.82) is 0 Å². The monoisotopic (exact) mass is 231 g/mol. The van der Waals surface area contributed by atoms with Gasteiger partial charge in [-0.2, -0.15) is 13.2 Å². The average molecular weight is 231 g/mol. The Morgan fingerprint density at radius 2 is 1.88 bits per heavy atom. The van der Waals surface area contributed by atoms with E-state index in [9.17, 15) is 13.2 Å². The minimum absolute atomic E-state index is 0.254. The summed E-state index contributed by atoms with van der Waals surface area (Å²) >= 11 is 0. The van der Waals surface area contributed by atoms with Gasteiger partial charge in [-0.25, -0.2) is 9.97 Å². The summed E-state index contributed by atoms with van der Waals surface area (Å²) in [5, 5.41) is 0. The number of fused-ring (bicyclic) bond motifs is 1. The zero-order chi connectivity index (χ0) is 12.3. The second kappa shape index (κ2) is 4.51. The van der Waals surface area contributed by atoms with Crippen LogP contribution >= 0.6 is 0 Å². The zero-order valence-corrected chi connectivity index (χ0v) is 9.21. The molecule has 16 heavy (non-hydrogen) atoms. The van der Waals surface area contributed by atoms with Gasteiger partial charge in [0.1, 0.15) is 17.7 Å². The molecule has 0 aliphatic rings. The van der Waals surface area contributed by atoms with Crippen molar-refractivity contribution >= 4 is 5.65 Å². The molecule has 0 atom stereocenters. The number of aryl methyl sites for hydroxylation is 1. The van der Waals surface area contributed by atoms with Gasteiger partial charge in [0.05, 0.1) is 5.69 Å². The quantitative estimate of drug-likeness (QED) is 0.697. The molecule has 0 aromatic carbocycles. The number of rotatable bonds is 0. The first-order chi connectivity index (χ1) is 7.47. The van der Waals surface area contributed by atoms with Crippen molar-refractivity contribution in [2.45, 2.75) is 26.9 Å². The molecule has 2 heterocycles. The van der Waals surface area contributed by atoms with E-state index in [1.54, 1.807) is 13.1 Å². The van der Waals surface area contributed by atoms with Crippen LogP contribution in [0.25, 0.3) is 5.65 Å². The van der Waals surface area contributed by atoms with Crippen molar-refractivity contribution in [3.8, 4) is 0 Å². The fourth-order valence-corrected chi connectivity index (χ4v) is 1.17. The van der Waals surface area contributed by atoms with E-state index in [-0.39, 0.29) is 5.65 Å². The SMILES string of the molecule is CC.Cc1cn2cnc(C(F)(F)F)cc2n1. The Hall–Kier alpha value is -1.59. The minimum atomic E-state index is -4.42. The molecule has 0 aliphatic heterocycles. The molecule has 0 saturated heterocycles. The normalized spacial score (nSPS) is 11.1. The molecule has 0 aliphatic carbocycles. The first-order valence-corrected chi connectivity index (χ1v) is 4.85. The number of halogens is 3. The molecule has 0 spiro atoms. The molecule has 0 saturated carbocycles. The number of alkyl halides is 3. The first kappa shape index (κ1) is 12.5. The topological polar surface area (TPSA) is 30.2 Å². The van der Waals surface area contributed by atoms with Gasteiger partial charge in [0.15, 0.2) is 0 Å². The number of imidazole rings is 1. The number of hydrogen-bond acceptors (Lipinski definition) is 2. The Morgan fingerprint density at radius 3 is 2.44 bits per heavy atom.